The maximum Gasteiger partial charge on any atom is 0.282 e. The lowest BCUT2D eigenvalue weighted by molar-refractivity contribution is 0.123. The van der Waals surface area contributed by atoms with Crippen LogP contribution in [-0.2, 0) is 6.54 Å². The van der Waals surface area contributed by atoms with Gasteiger partial charge in [-0.3, -0.25) is 0 Å². The third-order valence-corrected chi connectivity index (χ3v) is 5.01. The lowest BCUT2D eigenvalue weighted by atomic mass is 9.99. The summed E-state index contributed by atoms with van der Waals surface area (Å²) >= 11 is 0. The van der Waals surface area contributed by atoms with Crippen molar-refractivity contribution in [1.29, 1.82) is 0 Å². The fraction of sp³-hybridized carbons (Fsp3) is 0.250. The first kappa shape index (κ1) is 19.3. The van der Waals surface area contributed by atoms with E-state index in [4.69, 9.17) is 9.47 Å². The molecule has 0 saturated carbocycles. The summed E-state index contributed by atoms with van der Waals surface area (Å²) in [6.45, 7) is -0.506. The maximum atomic E-state index is 14.1. The molecule has 0 radical (unpaired) electrons. The maximum absolute atomic E-state index is 14.1. The number of nitrogens with zero attached hydrogens (tertiary/aromatic N) is 4. The summed E-state index contributed by atoms with van der Waals surface area (Å²) in [7, 11) is 1.37. The van der Waals surface area contributed by atoms with Crippen LogP contribution in [0, 0.1) is 5.82 Å². The Morgan fingerprint density at radius 1 is 1.29 bits per heavy atom. The van der Waals surface area contributed by atoms with Gasteiger partial charge in [0, 0.05) is 22.7 Å². The number of hydrogen-bond acceptors (Lipinski definition) is 5. The van der Waals surface area contributed by atoms with E-state index in [9.17, 15) is 17.6 Å². The normalized spacial score (nSPS) is 15.9. The molecule has 4 aromatic heterocycles. The van der Waals surface area contributed by atoms with E-state index in [1.165, 1.54) is 19.4 Å². The van der Waals surface area contributed by atoms with Gasteiger partial charge < -0.3 is 14.5 Å². The highest BCUT2D eigenvalue weighted by atomic mass is 19.3. The molecule has 1 aliphatic heterocycles. The smallest absolute Gasteiger partial charge is 0.282 e. The van der Waals surface area contributed by atoms with Crippen molar-refractivity contribution in [2.24, 2.45) is 0 Å². The van der Waals surface area contributed by atoms with Gasteiger partial charge in [-0.2, -0.15) is 5.10 Å². The Hall–Kier alpha value is -3.63. The van der Waals surface area contributed by atoms with Gasteiger partial charge in [-0.05, 0) is 18.2 Å². The minimum atomic E-state index is -2.96. The number of pyridine rings is 2. The number of aromatic nitrogens is 5. The van der Waals surface area contributed by atoms with E-state index in [0.29, 0.717) is 16.6 Å². The zero-order chi connectivity index (χ0) is 21.7. The molecule has 5 rings (SSSR count). The Balaban J connectivity index is 1.87. The molecule has 0 aromatic carbocycles. The average Bonchev–Trinajstić information content (AvgIpc) is 3.31. The van der Waals surface area contributed by atoms with Crippen molar-refractivity contribution in [3.05, 3.63) is 42.1 Å². The minimum Gasteiger partial charge on any atom is -0.481 e. The zero-order valence-corrected chi connectivity index (χ0v) is 16.1. The van der Waals surface area contributed by atoms with E-state index in [2.05, 4.69) is 20.1 Å². The molecule has 0 amide bonds. The van der Waals surface area contributed by atoms with Gasteiger partial charge in [0.05, 0.1) is 31.1 Å². The Morgan fingerprint density at radius 2 is 2.13 bits per heavy atom. The molecule has 1 N–H and O–H groups in total. The Labute approximate surface area is 172 Å². The molecule has 11 heteroatoms. The molecule has 31 heavy (non-hydrogen) atoms. The lowest BCUT2D eigenvalue weighted by Gasteiger charge is -2.19. The summed E-state index contributed by atoms with van der Waals surface area (Å²) in [5.41, 5.74) is 0.500. The van der Waals surface area contributed by atoms with Gasteiger partial charge in [-0.25, -0.2) is 32.2 Å². The summed E-state index contributed by atoms with van der Waals surface area (Å²) in [6.07, 6.45) is -1.82. The molecule has 0 unspecified atom stereocenters. The highest BCUT2D eigenvalue weighted by Gasteiger charge is 2.34. The molecule has 0 aliphatic carbocycles. The van der Waals surface area contributed by atoms with Crippen LogP contribution in [0.4, 0.5) is 17.6 Å². The standard InChI is InChI=1S/C20H15F4N5O2/c1-30-19-12(5-9(21)6-26-19)13-11-3-2-4-25-18(11)27-15(13)14-16(17(23)24)28-29-7-10(22)8-31-20(14)29/h2-6,10,17H,7-8H2,1H3,(H,25,27)/t10-/m0/s1. The monoisotopic (exact) mass is 433 g/mol. The number of alkyl halides is 3. The van der Waals surface area contributed by atoms with Gasteiger partial charge in [-0.1, -0.05) is 0 Å². The van der Waals surface area contributed by atoms with Gasteiger partial charge in [0.25, 0.3) is 6.43 Å². The summed E-state index contributed by atoms with van der Waals surface area (Å²) in [5.74, 6) is -0.542. The highest BCUT2D eigenvalue weighted by molar-refractivity contribution is 6.04. The molecular formula is C20H15F4N5O2. The van der Waals surface area contributed by atoms with Crippen LogP contribution < -0.4 is 9.47 Å². The third kappa shape index (κ3) is 3.07. The van der Waals surface area contributed by atoms with Crippen LogP contribution in [0.3, 0.4) is 0 Å². The number of nitrogens with one attached hydrogen (secondary N) is 1. The zero-order valence-electron chi connectivity index (χ0n) is 16.1. The quantitative estimate of drug-likeness (QED) is 0.486. The second-order valence-electron chi connectivity index (χ2n) is 6.94. The number of rotatable bonds is 4. The van der Waals surface area contributed by atoms with E-state index >= 15 is 0 Å². The fourth-order valence-electron chi connectivity index (χ4n) is 3.79. The Kier molecular flexibility index (Phi) is 4.53. The predicted octanol–water partition coefficient (Wildman–Crippen LogP) is 4.30. The first-order chi connectivity index (χ1) is 15.0. The number of ether oxygens (including phenoxy) is 2. The summed E-state index contributed by atoms with van der Waals surface area (Å²) in [6, 6.07) is 4.56. The van der Waals surface area contributed by atoms with Crippen molar-refractivity contribution in [2.45, 2.75) is 19.1 Å². The van der Waals surface area contributed by atoms with Gasteiger partial charge in [0.1, 0.15) is 23.8 Å². The largest absolute Gasteiger partial charge is 0.481 e. The van der Waals surface area contributed by atoms with Crippen LogP contribution >= 0.6 is 0 Å². The molecule has 1 atom stereocenters. The van der Waals surface area contributed by atoms with E-state index < -0.39 is 24.1 Å². The van der Waals surface area contributed by atoms with Crippen molar-refractivity contribution in [3.63, 3.8) is 0 Å². The molecule has 0 spiro atoms. The van der Waals surface area contributed by atoms with Crippen LogP contribution in [0.25, 0.3) is 33.4 Å². The number of methoxy groups -OCH3 is 1. The van der Waals surface area contributed by atoms with Crippen molar-refractivity contribution >= 4 is 11.0 Å². The van der Waals surface area contributed by atoms with E-state index in [0.717, 1.165) is 10.9 Å². The van der Waals surface area contributed by atoms with Crippen molar-refractivity contribution in [3.8, 4) is 34.1 Å². The van der Waals surface area contributed by atoms with Crippen LogP contribution in [0.5, 0.6) is 11.8 Å². The number of H-pyrrole nitrogens is 1. The van der Waals surface area contributed by atoms with Gasteiger partial charge in [0.15, 0.2) is 6.17 Å². The fourth-order valence-corrected chi connectivity index (χ4v) is 3.79. The molecule has 5 heterocycles. The highest BCUT2D eigenvalue weighted by Crippen LogP contribution is 2.47. The molecule has 160 valence electrons. The van der Waals surface area contributed by atoms with E-state index in [-0.39, 0.29) is 41.7 Å². The van der Waals surface area contributed by atoms with Gasteiger partial charge in [0.2, 0.25) is 11.8 Å². The first-order valence-electron chi connectivity index (χ1n) is 9.30. The van der Waals surface area contributed by atoms with Crippen LogP contribution in [-0.4, -0.2) is 44.6 Å². The Bertz CT molecular complexity index is 1290. The van der Waals surface area contributed by atoms with Crippen molar-refractivity contribution in [2.75, 3.05) is 13.7 Å². The molecule has 0 saturated heterocycles. The van der Waals surface area contributed by atoms with Crippen molar-refractivity contribution < 1.29 is 27.0 Å². The topological polar surface area (TPSA) is 77.9 Å². The molecular weight excluding hydrogens is 418 g/mol. The van der Waals surface area contributed by atoms with E-state index in [1.54, 1.807) is 12.1 Å². The minimum absolute atomic E-state index is 0.000310. The molecule has 4 aromatic rings. The lowest BCUT2D eigenvalue weighted by Crippen LogP contribution is -2.27. The third-order valence-electron chi connectivity index (χ3n) is 5.01. The molecule has 0 bridgehead atoms. The second-order valence-corrected chi connectivity index (χ2v) is 6.94. The summed E-state index contributed by atoms with van der Waals surface area (Å²) in [4.78, 5) is 11.2. The number of aromatic amines is 1. The average molecular weight is 433 g/mol. The number of hydrogen-bond donors (Lipinski definition) is 1. The molecule has 1 aliphatic rings. The summed E-state index contributed by atoms with van der Waals surface area (Å²) < 4.78 is 67.6. The van der Waals surface area contributed by atoms with E-state index in [1.807, 2.05) is 0 Å². The first-order valence-corrected chi connectivity index (χ1v) is 9.30. The molecule has 7 nitrogen and oxygen atoms in total. The SMILES string of the molecule is COc1ncc(F)cc1-c1c(-c2c(C(F)F)nn3c2OC[C@@H](F)C3)[nH]c2ncccc12. The molecule has 0 fully saturated rings. The predicted molar refractivity (Wildman–Crippen MR) is 102 cm³/mol. The van der Waals surface area contributed by atoms with Crippen LogP contribution in [0.2, 0.25) is 0 Å². The van der Waals surface area contributed by atoms with Gasteiger partial charge in [-0.15, -0.1) is 0 Å². The van der Waals surface area contributed by atoms with Gasteiger partial charge >= 0.3 is 0 Å². The van der Waals surface area contributed by atoms with Crippen LogP contribution in [0.15, 0.2) is 30.6 Å². The second kappa shape index (κ2) is 7.25. The number of halogens is 4. The summed E-state index contributed by atoms with van der Waals surface area (Å²) in [5, 5.41) is 4.41. The van der Waals surface area contributed by atoms with Crippen LogP contribution in [0.1, 0.15) is 12.1 Å². The number of fused-ring (bicyclic) bond motifs is 2. The Morgan fingerprint density at radius 3 is 2.90 bits per heavy atom. The van der Waals surface area contributed by atoms with Crippen molar-refractivity contribution in [1.82, 2.24) is 24.7 Å².